The van der Waals surface area contributed by atoms with Crippen LogP contribution in [0.3, 0.4) is 0 Å². The molecule has 3 aliphatic rings. The fourth-order valence-electron chi connectivity index (χ4n) is 3.69. The Morgan fingerprint density at radius 2 is 1.90 bits per heavy atom. The second kappa shape index (κ2) is 7.35. The lowest BCUT2D eigenvalue weighted by Crippen LogP contribution is -2.43. The van der Waals surface area contributed by atoms with E-state index in [9.17, 15) is 18.8 Å². The van der Waals surface area contributed by atoms with Gasteiger partial charge >= 0.3 is 0 Å². The molecule has 3 heterocycles. The second-order valence-electron chi connectivity index (χ2n) is 7.09. The standard InChI is InChI=1S/C20H16FN5O5/c21-11-2-1-3-12(8-11)22-16(27)10-25-18-17(23-24-25)19(28)26(20(18)29)13-4-5-14-15(9-13)31-7-6-30-14/h1-5,8-9,17-18H,6-7,10H2,(H,22,27). The van der Waals surface area contributed by atoms with E-state index in [0.29, 0.717) is 30.4 Å². The van der Waals surface area contributed by atoms with Gasteiger partial charge in [-0.15, -0.1) is 0 Å². The van der Waals surface area contributed by atoms with Crippen LogP contribution in [0.5, 0.6) is 11.5 Å². The molecule has 0 spiro atoms. The number of hydrogen-bond acceptors (Lipinski definition) is 8. The molecule has 5 rings (SSSR count). The summed E-state index contributed by atoms with van der Waals surface area (Å²) in [7, 11) is 0. The van der Waals surface area contributed by atoms with Crippen LogP contribution in [0.4, 0.5) is 15.8 Å². The SMILES string of the molecule is O=C(CN1N=NC2C(=O)N(c3ccc4c(c3)OCCO4)C(=O)C21)Nc1cccc(F)c1. The van der Waals surface area contributed by atoms with Gasteiger partial charge in [-0.05, 0) is 30.3 Å². The average molecular weight is 425 g/mol. The molecule has 1 saturated heterocycles. The van der Waals surface area contributed by atoms with Crippen LogP contribution in [0, 0.1) is 5.82 Å². The fraction of sp³-hybridized carbons (Fsp3) is 0.250. The zero-order valence-corrected chi connectivity index (χ0v) is 16.0. The van der Waals surface area contributed by atoms with E-state index in [1.165, 1.54) is 24.3 Å². The summed E-state index contributed by atoms with van der Waals surface area (Å²) in [6, 6.07) is 8.12. The maximum Gasteiger partial charge on any atom is 0.263 e. The Hall–Kier alpha value is -4.02. The molecule has 11 heteroatoms. The van der Waals surface area contributed by atoms with E-state index in [4.69, 9.17) is 9.47 Å². The number of fused-ring (bicyclic) bond motifs is 2. The molecule has 0 bridgehead atoms. The van der Waals surface area contributed by atoms with E-state index in [2.05, 4.69) is 15.7 Å². The highest BCUT2D eigenvalue weighted by Crippen LogP contribution is 2.37. The number of imide groups is 1. The normalized spacial score (nSPS) is 21.5. The summed E-state index contributed by atoms with van der Waals surface area (Å²) in [5.74, 6) is -1.13. The second-order valence-corrected chi connectivity index (χ2v) is 7.09. The van der Waals surface area contributed by atoms with Crippen molar-refractivity contribution in [3.63, 3.8) is 0 Å². The third-order valence-electron chi connectivity index (χ3n) is 5.06. The number of carbonyl (C=O) groups excluding carboxylic acids is 3. The van der Waals surface area contributed by atoms with Gasteiger partial charge in [0.05, 0.1) is 5.69 Å². The number of anilines is 2. The predicted octanol–water partition coefficient (Wildman–Crippen LogP) is 1.53. The number of halogens is 1. The molecule has 2 aromatic carbocycles. The van der Waals surface area contributed by atoms with Crippen LogP contribution in [-0.4, -0.2) is 54.6 Å². The number of nitrogens with one attached hydrogen (secondary N) is 1. The molecule has 158 valence electrons. The Morgan fingerprint density at radius 1 is 1.10 bits per heavy atom. The topological polar surface area (TPSA) is 113 Å². The van der Waals surface area contributed by atoms with Crippen LogP contribution in [0.15, 0.2) is 52.8 Å². The van der Waals surface area contributed by atoms with Crippen LogP contribution in [0.2, 0.25) is 0 Å². The predicted molar refractivity (Wildman–Crippen MR) is 104 cm³/mol. The molecule has 1 N–H and O–H groups in total. The van der Waals surface area contributed by atoms with Gasteiger partial charge in [0.25, 0.3) is 11.8 Å². The van der Waals surface area contributed by atoms with E-state index in [1.807, 2.05) is 0 Å². The Kier molecular flexibility index (Phi) is 4.50. The number of carbonyl (C=O) groups is 3. The summed E-state index contributed by atoms with van der Waals surface area (Å²) in [4.78, 5) is 39.3. The number of ether oxygens (including phenoxy) is 2. The highest BCUT2D eigenvalue weighted by Gasteiger charge is 2.55. The molecular weight excluding hydrogens is 409 g/mol. The third-order valence-corrected chi connectivity index (χ3v) is 5.06. The minimum absolute atomic E-state index is 0.268. The van der Waals surface area contributed by atoms with Crippen LogP contribution >= 0.6 is 0 Å². The molecule has 0 aromatic heterocycles. The maximum absolute atomic E-state index is 13.3. The quantitative estimate of drug-likeness (QED) is 0.744. The van der Waals surface area contributed by atoms with Crippen molar-refractivity contribution in [2.24, 2.45) is 10.3 Å². The van der Waals surface area contributed by atoms with Crippen molar-refractivity contribution >= 4 is 29.1 Å². The smallest absolute Gasteiger partial charge is 0.263 e. The summed E-state index contributed by atoms with van der Waals surface area (Å²) in [5.41, 5.74) is 0.595. The lowest BCUT2D eigenvalue weighted by molar-refractivity contribution is -0.123. The summed E-state index contributed by atoms with van der Waals surface area (Å²) < 4.78 is 24.3. The number of hydrogen-bond donors (Lipinski definition) is 1. The molecule has 2 aromatic rings. The molecule has 1 fully saturated rings. The van der Waals surface area contributed by atoms with E-state index >= 15 is 0 Å². The summed E-state index contributed by atoms with van der Waals surface area (Å²) >= 11 is 0. The first-order valence-electron chi connectivity index (χ1n) is 9.51. The first kappa shape index (κ1) is 19.0. The molecule has 0 aliphatic carbocycles. The maximum atomic E-state index is 13.3. The first-order valence-corrected chi connectivity index (χ1v) is 9.51. The zero-order valence-electron chi connectivity index (χ0n) is 16.0. The molecule has 31 heavy (non-hydrogen) atoms. The monoisotopic (exact) mass is 425 g/mol. The van der Waals surface area contributed by atoms with Gasteiger partial charge in [-0.3, -0.25) is 19.4 Å². The fourth-order valence-corrected chi connectivity index (χ4v) is 3.69. The summed E-state index contributed by atoms with van der Waals surface area (Å²) in [6.07, 6.45) is 0. The Bertz CT molecular complexity index is 1120. The van der Waals surface area contributed by atoms with Gasteiger partial charge < -0.3 is 14.8 Å². The van der Waals surface area contributed by atoms with Crippen LogP contribution in [0.1, 0.15) is 0 Å². The molecule has 10 nitrogen and oxygen atoms in total. The van der Waals surface area contributed by atoms with Crippen molar-refractivity contribution in [1.29, 1.82) is 0 Å². The van der Waals surface area contributed by atoms with Crippen molar-refractivity contribution in [3.8, 4) is 11.5 Å². The van der Waals surface area contributed by atoms with Crippen LogP contribution in [0.25, 0.3) is 0 Å². The zero-order chi connectivity index (χ0) is 21.5. The molecule has 0 saturated carbocycles. The molecule has 2 unspecified atom stereocenters. The van der Waals surface area contributed by atoms with Crippen molar-refractivity contribution in [2.75, 3.05) is 30.0 Å². The van der Waals surface area contributed by atoms with Crippen molar-refractivity contribution < 1.29 is 28.2 Å². The third kappa shape index (κ3) is 3.33. The summed E-state index contributed by atoms with van der Waals surface area (Å²) in [6.45, 7) is 0.465. The van der Waals surface area contributed by atoms with Crippen LogP contribution in [-0.2, 0) is 14.4 Å². The van der Waals surface area contributed by atoms with Crippen molar-refractivity contribution in [3.05, 3.63) is 48.3 Å². The largest absolute Gasteiger partial charge is 0.486 e. The van der Waals surface area contributed by atoms with E-state index < -0.39 is 35.6 Å². The number of benzene rings is 2. The molecule has 2 atom stereocenters. The van der Waals surface area contributed by atoms with Crippen molar-refractivity contribution in [2.45, 2.75) is 12.1 Å². The molecule has 0 radical (unpaired) electrons. The molecular formula is C20H16FN5O5. The average Bonchev–Trinajstić information content (AvgIpc) is 3.27. The van der Waals surface area contributed by atoms with Crippen LogP contribution < -0.4 is 19.7 Å². The van der Waals surface area contributed by atoms with E-state index in [1.54, 1.807) is 18.2 Å². The van der Waals surface area contributed by atoms with Gasteiger partial charge in [0.2, 0.25) is 5.91 Å². The lowest BCUT2D eigenvalue weighted by atomic mass is 10.1. The van der Waals surface area contributed by atoms with Crippen molar-refractivity contribution in [1.82, 2.24) is 5.01 Å². The van der Waals surface area contributed by atoms with Gasteiger partial charge in [-0.2, -0.15) is 5.11 Å². The minimum Gasteiger partial charge on any atom is -0.486 e. The number of rotatable bonds is 4. The first-order chi connectivity index (χ1) is 15.0. The Morgan fingerprint density at radius 3 is 2.71 bits per heavy atom. The minimum atomic E-state index is -1.04. The van der Waals surface area contributed by atoms with Gasteiger partial charge in [0.15, 0.2) is 23.6 Å². The van der Waals surface area contributed by atoms with Gasteiger partial charge in [-0.1, -0.05) is 11.3 Å². The van der Waals surface area contributed by atoms with E-state index in [-0.39, 0.29) is 12.2 Å². The lowest BCUT2D eigenvalue weighted by Gasteiger charge is -2.22. The van der Waals surface area contributed by atoms with Gasteiger partial charge in [-0.25, -0.2) is 9.29 Å². The van der Waals surface area contributed by atoms with Gasteiger partial charge in [0.1, 0.15) is 25.6 Å². The highest BCUT2D eigenvalue weighted by atomic mass is 19.1. The molecule has 3 amide bonds. The summed E-state index contributed by atoms with van der Waals surface area (Å²) in [5, 5.41) is 11.4. The number of amides is 3. The highest BCUT2D eigenvalue weighted by molar-refractivity contribution is 6.25. The number of nitrogens with zero attached hydrogens (tertiary/aromatic N) is 4. The van der Waals surface area contributed by atoms with E-state index in [0.717, 1.165) is 9.91 Å². The molecule has 3 aliphatic heterocycles. The Balaban J connectivity index is 1.32. The van der Waals surface area contributed by atoms with Gasteiger partial charge in [0, 0.05) is 11.8 Å². The Labute approximate surface area is 175 Å².